The van der Waals surface area contributed by atoms with Crippen LogP contribution in [0, 0.1) is 0 Å². The smallest absolute Gasteiger partial charge is 0.232 e. The third kappa shape index (κ3) is 3.75. The Morgan fingerprint density at radius 1 is 1.21 bits per heavy atom. The molecule has 2 aromatic rings. The minimum absolute atomic E-state index is 0.378. The van der Waals surface area contributed by atoms with E-state index in [0.29, 0.717) is 23.4 Å². The third-order valence-corrected chi connectivity index (χ3v) is 3.11. The standard InChI is InChI=1S/C14H13Cl2NO2/c1-18-12-4-2-3-10(5-12)9-19-14-13(16)6-11(7-15)8-17-14/h2-6,8H,7,9H2,1H3. The quantitative estimate of drug-likeness (QED) is 0.780. The molecule has 19 heavy (non-hydrogen) atoms. The monoisotopic (exact) mass is 297 g/mol. The molecule has 0 atom stereocenters. The molecule has 0 N–H and O–H groups in total. The van der Waals surface area contributed by atoms with Gasteiger partial charge in [-0.05, 0) is 29.3 Å². The molecule has 1 aromatic carbocycles. The second-order valence-electron chi connectivity index (χ2n) is 3.90. The van der Waals surface area contributed by atoms with Gasteiger partial charge in [0.1, 0.15) is 17.4 Å². The average molecular weight is 298 g/mol. The van der Waals surface area contributed by atoms with Crippen LogP contribution < -0.4 is 9.47 Å². The highest BCUT2D eigenvalue weighted by Gasteiger charge is 2.05. The molecule has 0 saturated carbocycles. The molecule has 0 saturated heterocycles. The molecule has 1 heterocycles. The molecule has 0 fully saturated rings. The van der Waals surface area contributed by atoms with Gasteiger partial charge >= 0.3 is 0 Å². The van der Waals surface area contributed by atoms with E-state index in [9.17, 15) is 0 Å². The lowest BCUT2D eigenvalue weighted by molar-refractivity contribution is 0.293. The van der Waals surface area contributed by atoms with Crippen LogP contribution in [0.15, 0.2) is 36.5 Å². The average Bonchev–Trinajstić information content (AvgIpc) is 2.46. The van der Waals surface area contributed by atoms with Crippen LogP contribution in [0.1, 0.15) is 11.1 Å². The van der Waals surface area contributed by atoms with Gasteiger partial charge in [-0.25, -0.2) is 4.98 Å². The SMILES string of the molecule is COc1cccc(COc2ncc(CCl)cc2Cl)c1. The molecule has 0 aliphatic carbocycles. The van der Waals surface area contributed by atoms with Gasteiger partial charge in [0.15, 0.2) is 0 Å². The van der Waals surface area contributed by atoms with Crippen LogP contribution in [0.2, 0.25) is 5.02 Å². The first-order chi connectivity index (χ1) is 9.22. The zero-order valence-electron chi connectivity index (χ0n) is 10.4. The number of ether oxygens (including phenoxy) is 2. The van der Waals surface area contributed by atoms with Gasteiger partial charge in [0.05, 0.1) is 7.11 Å². The molecule has 1 aromatic heterocycles. The van der Waals surface area contributed by atoms with Crippen molar-refractivity contribution in [3.05, 3.63) is 52.7 Å². The number of alkyl halides is 1. The van der Waals surface area contributed by atoms with Crippen molar-refractivity contribution in [2.24, 2.45) is 0 Å². The summed E-state index contributed by atoms with van der Waals surface area (Å²) in [6, 6.07) is 9.39. The van der Waals surface area contributed by atoms with Crippen LogP contribution >= 0.6 is 23.2 Å². The van der Waals surface area contributed by atoms with Gasteiger partial charge in [0, 0.05) is 12.1 Å². The second kappa shape index (κ2) is 6.64. The Labute approximate surface area is 122 Å². The molecular formula is C14H13Cl2NO2. The van der Waals surface area contributed by atoms with Gasteiger partial charge in [-0.15, -0.1) is 11.6 Å². The van der Waals surface area contributed by atoms with E-state index in [1.54, 1.807) is 19.4 Å². The van der Waals surface area contributed by atoms with Crippen molar-refractivity contribution in [3.63, 3.8) is 0 Å². The van der Waals surface area contributed by atoms with E-state index in [0.717, 1.165) is 16.9 Å². The van der Waals surface area contributed by atoms with Crippen LogP contribution in [0.5, 0.6) is 11.6 Å². The maximum Gasteiger partial charge on any atom is 0.232 e. The molecule has 0 bridgehead atoms. The Balaban J connectivity index is 2.05. The summed E-state index contributed by atoms with van der Waals surface area (Å²) in [5.74, 6) is 1.57. The number of halogens is 2. The van der Waals surface area contributed by atoms with Crippen molar-refractivity contribution in [2.45, 2.75) is 12.5 Å². The molecule has 0 unspecified atom stereocenters. The maximum absolute atomic E-state index is 6.06. The van der Waals surface area contributed by atoms with E-state index >= 15 is 0 Å². The van der Waals surface area contributed by atoms with Gasteiger partial charge in [0.25, 0.3) is 0 Å². The van der Waals surface area contributed by atoms with E-state index in [4.69, 9.17) is 32.7 Å². The largest absolute Gasteiger partial charge is 0.497 e. The third-order valence-electron chi connectivity index (χ3n) is 2.53. The molecular weight excluding hydrogens is 285 g/mol. The van der Waals surface area contributed by atoms with E-state index < -0.39 is 0 Å². The highest BCUT2D eigenvalue weighted by Crippen LogP contribution is 2.24. The van der Waals surface area contributed by atoms with Crippen molar-refractivity contribution in [3.8, 4) is 11.6 Å². The maximum atomic E-state index is 6.06. The summed E-state index contributed by atoms with van der Waals surface area (Å²) in [5, 5.41) is 0.459. The fourth-order valence-electron chi connectivity index (χ4n) is 1.56. The molecule has 0 spiro atoms. The molecule has 0 aliphatic rings. The minimum atomic E-state index is 0.378. The van der Waals surface area contributed by atoms with Gasteiger partial charge < -0.3 is 9.47 Å². The molecule has 0 aliphatic heterocycles. The van der Waals surface area contributed by atoms with Crippen LogP contribution in [0.3, 0.4) is 0 Å². The van der Waals surface area contributed by atoms with Crippen LogP contribution in [0.4, 0.5) is 0 Å². The van der Waals surface area contributed by atoms with Crippen molar-refractivity contribution < 1.29 is 9.47 Å². The number of nitrogens with zero attached hydrogens (tertiary/aromatic N) is 1. The van der Waals surface area contributed by atoms with Crippen molar-refractivity contribution >= 4 is 23.2 Å². The number of pyridine rings is 1. The predicted molar refractivity (Wildman–Crippen MR) is 76.1 cm³/mol. The number of rotatable bonds is 5. The van der Waals surface area contributed by atoms with Crippen LogP contribution in [0.25, 0.3) is 0 Å². The fourth-order valence-corrected chi connectivity index (χ4v) is 1.95. The Morgan fingerprint density at radius 2 is 2.05 bits per heavy atom. The van der Waals surface area contributed by atoms with E-state index in [1.165, 1.54) is 0 Å². The molecule has 2 rings (SSSR count). The van der Waals surface area contributed by atoms with E-state index in [1.807, 2.05) is 24.3 Å². The lowest BCUT2D eigenvalue weighted by Gasteiger charge is -2.08. The summed E-state index contributed by atoms with van der Waals surface area (Å²) in [7, 11) is 1.63. The van der Waals surface area contributed by atoms with Gasteiger partial charge in [-0.3, -0.25) is 0 Å². The Morgan fingerprint density at radius 3 is 2.74 bits per heavy atom. The Bertz CT molecular complexity index is 561. The minimum Gasteiger partial charge on any atom is -0.497 e. The van der Waals surface area contributed by atoms with Crippen molar-refractivity contribution in [1.82, 2.24) is 4.98 Å². The molecule has 5 heteroatoms. The molecule has 0 amide bonds. The first-order valence-electron chi connectivity index (χ1n) is 5.69. The number of hydrogen-bond donors (Lipinski definition) is 0. The highest BCUT2D eigenvalue weighted by atomic mass is 35.5. The Hall–Kier alpha value is -1.45. The molecule has 0 radical (unpaired) electrons. The summed E-state index contributed by atoms with van der Waals surface area (Å²) in [6.45, 7) is 0.379. The van der Waals surface area contributed by atoms with Crippen LogP contribution in [-0.2, 0) is 12.5 Å². The van der Waals surface area contributed by atoms with Crippen molar-refractivity contribution in [2.75, 3.05) is 7.11 Å². The van der Waals surface area contributed by atoms with Gasteiger partial charge in [0.2, 0.25) is 5.88 Å². The molecule has 100 valence electrons. The lowest BCUT2D eigenvalue weighted by Crippen LogP contribution is -1.99. The summed E-state index contributed by atoms with van der Waals surface area (Å²) in [5.41, 5.74) is 1.85. The summed E-state index contributed by atoms with van der Waals surface area (Å²) >= 11 is 11.8. The zero-order valence-corrected chi connectivity index (χ0v) is 11.9. The number of aromatic nitrogens is 1. The first-order valence-corrected chi connectivity index (χ1v) is 6.60. The van der Waals surface area contributed by atoms with E-state index in [2.05, 4.69) is 4.98 Å². The second-order valence-corrected chi connectivity index (χ2v) is 4.58. The topological polar surface area (TPSA) is 31.4 Å². The van der Waals surface area contributed by atoms with Crippen LogP contribution in [-0.4, -0.2) is 12.1 Å². The highest BCUT2D eigenvalue weighted by molar-refractivity contribution is 6.32. The fraction of sp³-hybridized carbons (Fsp3) is 0.214. The Kier molecular flexibility index (Phi) is 4.88. The lowest BCUT2D eigenvalue weighted by atomic mass is 10.2. The predicted octanol–water partition coefficient (Wildman–Crippen LogP) is 4.06. The number of hydrogen-bond acceptors (Lipinski definition) is 3. The van der Waals surface area contributed by atoms with Gasteiger partial charge in [-0.2, -0.15) is 0 Å². The van der Waals surface area contributed by atoms with Crippen molar-refractivity contribution in [1.29, 1.82) is 0 Å². The summed E-state index contributed by atoms with van der Waals surface area (Å²) < 4.78 is 10.7. The molecule has 3 nitrogen and oxygen atoms in total. The number of benzene rings is 1. The summed E-state index contributed by atoms with van der Waals surface area (Å²) in [6.07, 6.45) is 1.65. The number of methoxy groups -OCH3 is 1. The van der Waals surface area contributed by atoms with Gasteiger partial charge in [-0.1, -0.05) is 23.7 Å². The normalized spacial score (nSPS) is 10.3. The van der Waals surface area contributed by atoms with E-state index in [-0.39, 0.29) is 0 Å². The summed E-state index contributed by atoms with van der Waals surface area (Å²) in [4.78, 5) is 4.14. The first kappa shape index (κ1) is 14.0. The zero-order chi connectivity index (χ0) is 13.7.